The lowest BCUT2D eigenvalue weighted by atomic mass is 10.1. The van der Waals surface area contributed by atoms with Crippen LogP contribution < -0.4 is 5.73 Å². The first-order valence-corrected chi connectivity index (χ1v) is 4.43. The van der Waals surface area contributed by atoms with E-state index in [1.807, 2.05) is 24.3 Å². The van der Waals surface area contributed by atoms with E-state index in [1.165, 1.54) is 0 Å². The number of nitrogens with two attached hydrogens (primary N) is 1. The molecular weight excluding hydrogens is 174 g/mol. The van der Waals surface area contributed by atoms with Crippen LogP contribution in [0.3, 0.4) is 0 Å². The molecule has 0 aliphatic rings. The van der Waals surface area contributed by atoms with Crippen molar-refractivity contribution in [2.75, 3.05) is 5.73 Å². The molecule has 0 aliphatic heterocycles. The lowest BCUT2D eigenvalue weighted by Crippen LogP contribution is -1.82. The molecule has 0 amide bonds. The first-order valence-electron chi connectivity index (χ1n) is 4.93. The molecule has 2 nitrogen and oxygen atoms in total. The number of fused-ring (bicyclic) bond motifs is 3. The van der Waals surface area contributed by atoms with Gasteiger partial charge in [0.2, 0.25) is 0 Å². The third kappa shape index (κ3) is 0.852. The molecule has 1 aromatic heterocycles. The Morgan fingerprint density at radius 2 is 1.93 bits per heavy atom. The second-order valence-electron chi connectivity index (χ2n) is 3.24. The molecule has 0 fully saturated rings. The van der Waals surface area contributed by atoms with Crippen LogP contribution in [-0.2, 0) is 0 Å². The summed E-state index contributed by atoms with van der Waals surface area (Å²) in [6.07, 6.45) is 0. The minimum atomic E-state index is 0.392. The average Bonchev–Trinajstić information content (AvgIpc) is 2.60. The molecule has 2 N–H and O–H groups in total. The highest BCUT2D eigenvalue weighted by molar-refractivity contribution is 6.08. The Kier molecular flexibility index (Phi) is 1.16. The SMILES string of the molecule is [2H]c1cccc2c1oc1c(N)cccc12. The van der Waals surface area contributed by atoms with Crippen molar-refractivity contribution in [3.63, 3.8) is 0 Å². The van der Waals surface area contributed by atoms with Crippen LogP contribution in [0.4, 0.5) is 5.69 Å². The van der Waals surface area contributed by atoms with Crippen molar-refractivity contribution < 1.29 is 5.79 Å². The monoisotopic (exact) mass is 184 g/mol. The lowest BCUT2D eigenvalue weighted by molar-refractivity contribution is 0.670. The van der Waals surface area contributed by atoms with Gasteiger partial charge in [0, 0.05) is 10.8 Å². The van der Waals surface area contributed by atoms with E-state index in [-0.39, 0.29) is 0 Å². The summed E-state index contributed by atoms with van der Waals surface area (Å²) in [5.41, 5.74) is 7.70. The summed E-state index contributed by atoms with van der Waals surface area (Å²) in [5.74, 6) is 0. The molecule has 0 saturated carbocycles. The fourth-order valence-corrected chi connectivity index (χ4v) is 1.70. The highest BCUT2D eigenvalue weighted by Gasteiger charge is 2.06. The van der Waals surface area contributed by atoms with Gasteiger partial charge in [0.25, 0.3) is 0 Å². The standard InChI is InChI=1S/C12H9NO/c13-10-6-3-5-9-8-4-1-2-7-11(8)14-12(9)10/h1-7H,13H2/i7D. The zero-order chi connectivity index (χ0) is 10.4. The first-order chi connectivity index (χ1) is 7.27. The molecule has 2 heteroatoms. The van der Waals surface area contributed by atoms with Gasteiger partial charge in [-0.3, -0.25) is 0 Å². The van der Waals surface area contributed by atoms with Gasteiger partial charge in [0.15, 0.2) is 5.58 Å². The number of benzene rings is 2. The molecule has 0 aliphatic carbocycles. The summed E-state index contributed by atoms with van der Waals surface area (Å²) in [4.78, 5) is 0. The molecule has 0 atom stereocenters. The zero-order valence-corrected chi connectivity index (χ0v) is 7.45. The molecule has 14 heavy (non-hydrogen) atoms. The van der Waals surface area contributed by atoms with Gasteiger partial charge in [-0.1, -0.05) is 30.3 Å². The van der Waals surface area contributed by atoms with Gasteiger partial charge in [0.1, 0.15) is 5.58 Å². The van der Waals surface area contributed by atoms with Crippen molar-refractivity contribution in [3.8, 4) is 0 Å². The Morgan fingerprint density at radius 1 is 1.07 bits per heavy atom. The maximum Gasteiger partial charge on any atom is 0.158 e. The molecular formula is C12H9NO. The quantitative estimate of drug-likeness (QED) is 0.545. The molecule has 68 valence electrons. The van der Waals surface area contributed by atoms with Crippen LogP contribution in [0.5, 0.6) is 0 Å². The number of rotatable bonds is 0. The second-order valence-corrected chi connectivity index (χ2v) is 3.24. The van der Waals surface area contributed by atoms with Gasteiger partial charge >= 0.3 is 0 Å². The van der Waals surface area contributed by atoms with Crippen molar-refractivity contribution in [2.45, 2.75) is 0 Å². The second kappa shape index (κ2) is 2.51. The van der Waals surface area contributed by atoms with Crippen LogP contribution in [0.15, 0.2) is 46.9 Å². The Bertz CT molecular complexity index is 601. The van der Waals surface area contributed by atoms with E-state index in [0.29, 0.717) is 22.9 Å². The van der Waals surface area contributed by atoms with Gasteiger partial charge in [0.05, 0.1) is 7.06 Å². The van der Waals surface area contributed by atoms with Crippen molar-refractivity contribution in [1.29, 1.82) is 0 Å². The van der Waals surface area contributed by atoms with E-state index in [9.17, 15) is 0 Å². The summed E-state index contributed by atoms with van der Waals surface area (Å²) in [5, 5.41) is 1.92. The smallest absolute Gasteiger partial charge is 0.158 e. The van der Waals surface area contributed by atoms with Gasteiger partial charge in [-0.05, 0) is 12.1 Å². The predicted octanol–water partition coefficient (Wildman–Crippen LogP) is 3.17. The fraction of sp³-hybridized carbons (Fsp3) is 0. The van der Waals surface area contributed by atoms with Crippen molar-refractivity contribution in [1.82, 2.24) is 0 Å². The molecule has 0 spiro atoms. The fourth-order valence-electron chi connectivity index (χ4n) is 1.70. The van der Waals surface area contributed by atoms with E-state index in [4.69, 9.17) is 11.5 Å². The maximum atomic E-state index is 7.73. The van der Waals surface area contributed by atoms with Gasteiger partial charge in [-0.15, -0.1) is 0 Å². The average molecular weight is 184 g/mol. The molecule has 1 heterocycles. The summed E-state index contributed by atoms with van der Waals surface area (Å²) >= 11 is 0. The van der Waals surface area contributed by atoms with Crippen molar-refractivity contribution in [3.05, 3.63) is 42.4 Å². The molecule has 0 radical (unpaired) electrons. The predicted molar refractivity (Wildman–Crippen MR) is 58.1 cm³/mol. The summed E-state index contributed by atoms with van der Waals surface area (Å²) < 4.78 is 13.3. The zero-order valence-electron chi connectivity index (χ0n) is 8.45. The lowest BCUT2D eigenvalue weighted by Gasteiger charge is -1.91. The normalized spacial score (nSPS) is 12.1. The van der Waals surface area contributed by atoms with Crippen molar-refractivity contribution >= 4 is 27.6 Å². The number of anilines is 1. The third-order valence-corrected chi connectivity index (χ3v) is 2.36. The van der Waals surface area contributed by atoms with Crippen LogP contribution in [0.1, 0.15) is 1.37 Å². The molecule has 3 rings (SSSR count). The van der Waals surface area contributed by atoms with E-state index in [1.54, 1.807) is 12.1 Å². The number of hydrogen-bond acceptors (Lipinski definition) is 2. The Balaban J connectivity index is 2.63. The summed E-state index contributed by atoms with van der Waals surface area (Å²) in [7, 11) is 0. The Hall–Kier alpha value is -1.96. The van der Waals surface area contributed by atoms with E-state index >= 15 is 0 Å². The highest BCUT2D eigenvalue weighted by Crippen LogP contribution is 2.31. The van der Waals surface area contributed by atoms with Crippen LogP contribution in [-0.4, -0.2) is 0 Å². The number of para-hydroxylation sites is 2. The Labute approximate surface area is 82.3 Å². The Morgan fingerprint density at radius 3 is 2.86 bits per heavy atom. The van der Waals surface area contributed by atoms with Crippen LogP contribution in [0.2, 0.25) is 0 Å². The van der Waals surface area contributed by atoms with Crippen molar-refractivity contribution in [2.24, 2.45) is 0 Å². The topological polar surface area (TPSA) is 39.2 Å². The van der Waals surface area contributed by atoms with Gasteiger partial charge in [-0.2, -0.15) is 0 Å². The van der Waals surface area contributed by atoms with Gasteiger partial charge < -0.3 is 10.2 Å². The number of nitrogen functional groups attached to an aromatic ring is 1. The molecule has 3 aromatic rings. The van der Waals surface area contributed by atoms with Crippen LogP contribution >= 0.6 is 0 Å². The first kappa shape index (κ1) is 6.49. The molecule has 0 saturated heterocycles. The van der Waals surface area contributed by atoms with Gasteiger partial charge in [-0.25, -0.2) is 0 Å². The van der Waals surface area contributed by atoms with E-state index in [2.05, 4.69) is 0 Å². The highest BCUT2D eigenvalue weighted by atomic mass is 16.3. The minimum absolute atomic E-state index is 0.392. The largest absolute Gasteiger partial charge is 0.454 e. The summed E-state index contributed by atoms with van der Waals surface area (Å²) in [6, 6.07) is 11.5. The number of hydrogen-bond donors (Lipinski definition) is 1. The number of furan rings is 1. The van der Waals surface area contributed by atoms with Crippen LogP contribution in [0.25, 0.3) is 21.9 Å². The third-order valence-electron chi connectivity index (χ3n) is 2.36. The van der Waals surface area contributed by atoms with E-state index in [0.717, 1.165) is 10.8 Å². The summed E-state index contributed by atoms with van der Waals surface area (Å²) in [6.45, 7) is 0. The molecule has 0 unspecified atom stereocenters. The van der Waals surface area contributed by atoms with E-state index < -0.39 is 0 Å². The maximum absolute atomic E-state index is 7.73. The van der Waals surface area contributed by atoms with Crippen LogP contribution in [0, 0.1) is 0 Å². The minimum Gasteiger partial charge on any atom is -0.454 e. The molecule has 2 aromatic carbocycles. The molecule has 0 bridgehead atoms.